The molecule has 0 aromatic heterocycles. The van der Waals surface area contributed by atoms with Gasteiger partial charge in [-0.15, -0.1) is 0 Å². The molecule has 1 aliphatic carbocycles. The van der Waals surface area contributed by atoms with Crippen LogP contribution in [-0.2, 0) is 4.79 Å². The molecule has 1 heterocycles. The number of nitrogens with zero attached hydrogens (tertiary/aromatic N) is 2. The lowest BCUT2D eigenvalue weighted by molar-refractivity contribution is -0.133. The largest absolute Gasteiger partial charge is 0.493 e. The van der Waals surface area contributed by atoms with Gasteiger partial charge in [0.2, 0.25) is 5.91 Å². The van der Waals surface area contributed by atoms with Crippen molar-refractivity contribution in [1.29, 1.82) is 0 Å². The van der Waals surface area contributed by atoms with E-state index in [0.717, 1.165) is 55.0 Å². The van der Waals surface area contributed by atoms with Crippen molar-refractivity contribution in [3.8, 4) is 5.75 Å². The van der Waals surface area contributed by atoms with Gasteiger partial charge in [0.1, 0.15) is 5.75 Å². The maximum Gasteiger partial charge on any atom is 0.222 e. The Hall–Kier alpha value is -1.26. The minimum absolute atomic E-state index is 0.266. The number of benzene rings is 1. The number of carbonyl (C=O) groups excluding carboxylic acids is 1. The molecule has 1 aromatic rings. The number of halogens is 1. The Morgan fingerprint density at radius 2 is 1.92 bits per heavy atom. The molecule has 5 heteroatoms. The molecule has 0 N–H and O–H groups in total. The molecule has 25 heavy (non-hydrogen) atoms. The second-order valence-electron chi connectivity index (χ2n) is 7.22. The lowest BCUT2D eigenvalue weighted by atomic mass is 10.1. The smallest absolute Gasteiger partial charge is 0.222 e. The first kappa shape index (κ1) is 18.5. The van der Waals surface area contributed by atoms with E-state index in [0.29, 0.717) is 13.0 Å². The van der Waals surface area contributed by atoms with E-state index >= 15 is 0 Å². The van der Waals surface area contributed by atoms with E-state index < -0.39 is 0 Å². The van der Waals surface area contributed by atoms with E-state index in [4.69, 9.17) is 16.3 Å². The monoisotopic (exact) mass is 364 g/mol. The Labute approximate surface area is 156 Å². The number of piperazine rings is 1. The Morgan fingerprint density at radius 1 is 1.20 bits per heavy atom. The molecule has 1 amide bonds. The van der Waals surface area contributed by atoms with Crippen molar-refractivity contribution in [3.05, 3.63) is 28.8 Å². The van der Waals surface area contributed by atoms with Gasteiger partial charge in [-0.3, -0.25) is 9.69 Å². The highest BCUT2D eigenvalue weighted by Gasteiger charge is 2.27. The number of hydrogen-bond donors (Lipinski definition) is 0. The van der Waals surface area contributed by atoms with E-state index in [9.17, 15) is 4.79 Å². The number of amides is 1. The lowest BCUT2D eigenvalue weighted by Crippen LogP contribution is -2.51. The van der Waals surface area contributed by atoms with E-state index in [2.05, 4.69) is 4.90 Å². The number of rotatable bonds is 6. The normalized spacial score (nSPS) is 19.4. The van der Waals surface area contributed by atoms with Gasteiger partial charge in [0.25, 0.3) is 0 Å². The lowest BCUT2D eigenvalue weighted by Gasteiger charge is -2.38. The van der Waals surface area contributed by atoms with Crippen LogP contribution in [0, 0.1) is 6.92 Å². The number of aryl methyl sites for hydroxylation is 1. The first-order valence-corrected chi connectivity index (χ1v) is 9.92. The summed E-state index contributed by atoms with van der Waals surface area (Å²) in [6, 6.07) is 6.39. The molecule has 0 atom stereocenters. The third kappa shape index (κ3) is 5.11. The first-order valence-electron chi connectivity index (χ1n) is 9.54. The Balaban J connectivity index is 1.34. The summed E-state index contributed by atoms with van der Waals surface area (Å²) in [5.74, 6) is 1.12. The van der Waals surface area contributed by atoms with Crippen molar-refractivity contribution in [2.75, 3.05) is 32.8 Å². The predicted molar refractivity (Wildman–Crippen MR) is 101 cm³/mol. The van der Waals surface area contributed by atoms with Crippen LogP contribution in [0.3, 0.4) is 0 Å². The highest BCUT2D eigenvalue weighted by Crippen LogP contribution is 2.24. The summed E-state index contributed by atoms with van der Waals surface area (Å²) in [6.45, 7) is 6.39. The van der Waals surface area contributed by atoms with Gasteiger partial charge in [-0.2, -0.15) is 0 Å². The fraction of sp³-hybridized carbons (Fsp3) is 0.650. The molecular weight excluding hydrogens is 336 g/mol. The van der Waals surface area contributed by atoms with Crippen LogP contribution >= 0.6 is 11.6 Å². The van der Waals surface area contributed by atoms with Gasteiger partial charge in [0, 0.05) is 43.7 Å². The zero-order valence-corrected chi connectivity index (χ0v) is 15.9. The summed E-state index contributed by atoms with van der Waals surface area (Å²) in [7, 11) is 0. The zero-order chi connectivity index (χ0) is 17.6. The van der Waals surface area contributed by atoms with Gasteiger partial charge in [0.05, 0.1) is 6.61 Å². The molecule has 2 fully saturated rings. The van der Waals surface area contributed by atoms with Crippen LogP contribution in [0.4, 0.5) is 0 Å². The molecule has 1 saturated carbocycles. The average Bonchev–Trinajstić information content (AvgIpc) is 3.15. The topological polar surface area (TPSA) is 32.8 Å². The van der Waals surface area contributed by atoms with Crippen molar-refractivity contribution in [1.82, 2.24) is 9.80 Å². The molecule has 138 valence electrons. The van der Waals surface area contributed by atoms with E-state index in [-0.39, 0.29) is 5.91 Å². The quantitative estimate of drug-likeness (QED) is 0.718. The molecule has 0 bridgehead atoms. The SMILES string of the molecule is Cc1cc(Cl)ccc1OCCCC(=O)N1CCN(C2CCCC2)CC1. The van der Waals surface area contributed by atoms with Gasteiger partial charge >= 0.3 is 0 Å². The van der Waals surface area contributed by atoms with Gasteiger partial charge < -0.3 is 9.64 Å². The van der Waals surface area contributed by atoms with Crippen LogP contribution < -0.4 is 4.74 Å². The van der Waals surface area contributed by atoms with Crippen LogP contribution in [0.25, 0.3) is 0 Å². The summed E-state index contributed by atoms with van der Waals surface area (Å²) in [5.41, 5.74) is 1.03. The Bertz CT molecular complexity index is 579. The molecule has 1 aromatic carbocycles. The van der Waals surface area contributed by atoms with E-state index in [1.54, 1.807) is 0 Å². The van der Waals surface area contributed by atoms with Gasteiger partial charge in [-0.05, 0) is 49.9 Å². The molecule has 0 unspecified atom stereocenters. The minimum atomic E-state index is 0.266. The number of carbonyl (C=O) groups is 1. The summed E-state index contributed by atoms with van der Waals surface area (Å²) in [5, 5.41) is 0.719. The predicted octanol–water partition coefficient (Wildman–Crippen LogP) is 3.89. The molecule has 1 saturated heterocycles. The summed E-state index contributed by atoms with van der Waals surface area (Å²) in [4.78, 5) is 17.0. The van der Waals surface area contributed by atoms with Crippen LogP contribution in [0.1, 0.15) is 44.1 Å². The third-order valence-corrected chi connectivity index (χ3v) is 5.67. The Morgan fingerprint density at radius 3 is 2.60 bits per heavy atom. The van der Waals surface area contributed by atoms with Gasteiger partial charge in [0.15, 0.2) is 0 Å². The molecular formula is C20H29ClN2O2. The van der Waals surface area contributed by atoms with Crippen molar-refractivity contribution in [2.24, 2.45) is 0 Å². The second-order valence-corrected chi connectivity index (χ2v) is 7.65. The van der Waals surface area contributed by atoms with Gasteiger partial charge in [-0.25, -0.2) is 0 Å². The standard InChI is InChI=1S/C20H29ClN2O2/c1-16-15-17(21)8-9-19(16)25-14-4-7-20(24)23-12-10-22(11-13-23)18-5-2-3-6-18/h8-9,15,18H,2-7,10-14H2,1H3. The molecule has 2 aliphatic rings. The molecule has 3 rings (SSSR count). The summed E-state index contributed by atoms with van der Waals surface area (Å²) >= 11 is 5.95. The van der Waals surface area contributed by atoms with Crippen LogP contribution in [0.5, 0.6) is 5.75 Å². The van der Waals surface area contributed by atoms with Crippen molar-refractivity contribution < 1.29 is 9.53 Å². The van der Waals surface area contributed by atoms with Crippen LogP contribution in [-0.4, -0.2) is 54.5 Å². The number of hydrogen-bond acceptors (Lipinski definition) is 3. The van der Waals surface area contributed by atoms with Crippen LogP contribution in [0.15, 0.2) is 18.2 Å². The summed E-state index contributed by atoms with van der Waals surface area (Å²) in [6.07, 6.45) is 6.75. The average molecular weight is 365 g/mol. The maximum atomic E-state index is 12.4. The summed E-state index contributed by atoms with van der Waals surface area (Å²) < 4.78 is 5.78. The van der Waals surface area contributed by atoms with E-state index in [1.807, 2.05) is 30.0 Å². The fourth-order valence-corrected chi connectivity index (χ4v) is 4.17. The fourth-order valence-electron chi connectivity index (χ4n) is 3.94. The molecule has 0 radical (unpaired) electrons. The van der Waals surface area contributed by atoms with Gasteiger partial charge in [-0.1, -0.05) is 24.4 Å². The first-order chi connectivity index (χ1) is 12.1. The molecule has 0 spiro atoms. The maximum absolute atomic E-state index is 12.4. The molecule has 4 nitrogen and oxygen atoms in total. The van der Waals surface area contributed by atoms with E-state index in [1.165, 1.54) is 25.7 Å². The number of ether oxygens (including phenoxy) is 1. The van der Waals surface area contributed by atoms with Crippen molar-refractivity contribution in [3.63, 3.8) is 0 Å². The minimum Gasteiger partial charge on any atom is -0.493 e. The van der Waals surface area contributed by atoms with Crippen molar-refractivity contribution >= 4 is 17.5 Å². The molecule has 1 aliphatic heterocycles. The highest BCUT2D eigenvalue weighted by molar-refractivity contribution is 6.30. The second kappa shape index (κ2) is 8.91. The Kier molecular flexibility index (Phi) is 6.60. The highest BCUT2D eigenvalue weighted by atomic mass is 35.5. The zero-order valence-electron chi connectivity index (χ0n) is 15.2. The third-order valence-electron chi connectivity index (χ3n) is 5.44. The van der Waals surface area contributed by atoms with Crippen molar-refractivity contribution in [2.45, 2.75) is 51.5 Å². The van der Waals surface area contributed by atoms with Crippen LogP contribution in [0.2, 0.25) is 5.02 Å².